The second kappa shape index (κ2) is 5.42. The van der Waals surface area contributed by atoms with Gasteiger partial charge in [0.2, 0.25) is 0 Å². The zero-order valence-corrected chi connectivity index (χ0v) is 11.0. The standard InChI is InChI=1S/C12H13BrFN3/c1-8(17-7-12-15-4-5-16-12)10-3-2-9(14)6-11(10)13/h2-6,8,17H,7H2,1H3,(H,15,16). The van der Waals surface area contributed by atoms with Crippen molar-refractivity contribution in [2.24, 2.45) is 0 Å². The molecule has 1 heterocycles. The van der Waals surface area contributed by atoms with Crippen molar-refractivity contribution in [3.63, 3.8) is 0 Å². The number of rotatable bonds is 4. The van der Waals surface area contributed by atoms with Gasteiger partial charge in [-0.25, -0.2) is 9.37 Å². The summed E-state index contributed by atoms with van der Waals surface area (Å²) in [5.41, 5.74) is 1.03. The highest BCUT2D eigenvalue weighted by molar-refractivity contribution is 9.10. The van der Waals surface area contributed by atoms with Crippen molar-refractivity contribution < 1.29 is 4.39 Å². The van der Waals surface area contributed by atoms with Gasteiger partial charge < -0.3 is 10.3 Å². The van der Waals surface area contributed by atoms with E-state index in [9.17, 15) is 4.39 Å². The van der Waals surface area contributed by atoms with E-state index in [1.807, 2.05) is 6.92 Å². The molecule has 2 aromatic rings. The largest absolute Gasteiger partial charge is 0.348 e. The van der Waals surface area contributed by atoms with Crippen LogP contribution in [-0.2, 0) is 6.54 Å². The Kier molecular flexibility index (Phi) is 3.91. The smallest absolute Gasteiger partial charge is 0.124 e. The molecular formula is C12H13BrFN3. The maximum atomic E-state index is 13.0. The number of nitrogens with zero attached hydrogens (tertiary/aromatic N) is 1. The summed E-state index contributed by atoms with van der Waals surface area (Å²) in [6.07, 6.45) is 3.50. The first-order chi connectivity index (χ1) is 8.16. The molecule has 0 bridgehead atoms. The van der Waals surface area contributed by atoms with E-state index < -0.39 is 0 Å². The zero-order chi connectivity index (χ0) is 12.3. The van der Waals surface area contributed by atoms with E-state index in [-0.39, 0.29) is 11.9 Å². The number of nitrogens with one attached hydrogen (secondary N) is 2. The summed E-state index contributed by atoms with van der Waals surface area (Å²) in [6, 6.07) is 4.83. The molecule has 0 radical (unpaired) electrons. The number of halogens is 2. The van der Waals surface area contributed by atoms with Gasteiger partial charge in [-0.1, -0.05) is 22.0 Å². The van der Waals surface area contributed by atoms with Gasteiger partial charge in [0, 0.05) is 22.9 Å². The van der Waals surface area contributed by atoms with E-state index in [1.165, 1.54) is 12.1 Å². The second-order valence-electron chi connectivity index (χ2n) is 3.80. The Hall–Kier alpha value is -1.20. The Labute approximate surface area is 108 Å². The maximum Gasteiger partial charge on any atom is 0.124 e. The molecule has 5 heteroatoms. The van der Waals surface area contributed by atoms with Gasteiger partial charge in [-0.05, 0) is 24.6 Å². The second-order valence-corrected chi connectivity index (χ2v) is 4.66. The first-order valence-corrected chi connectivity index (χ1v) is 6.12. The van der Waals surface area contributed by atoms with Crippen LogP contribution in [0, 0.1) is 5.82 Å². The molecule has 0 aliphatic carbocycles. The van der Waals surface area contributed by atoms with Gasteiger partial charge in [0.05, 0.1) is 6.54 Å². The van der Waals surface area contributed by atoms with Gasteiger partial charge in [-0.15, -0.1) is 0 Å². The summed E-state index contributed by atoms with van der Waals surface area (Å²) in [6.45, 7) is 2.68. The number of hydrogen-bond acceptors (Lipinski definition) is 2. The molecule has 0 aliphatic heterocycles. The number of H-pyrrole nitrogens is 1. The van der Waals surface area contributed by atoms with Crippen LogP contribution in [0.4, 0.5) is 4.39 Å². The Morgan fingerprint density at radius 2 is 2.35 bits per heavy atom. The van der Waals surface area contributed by atoms with Crippen LogP contribution in [0.3, 0.4) is 0 Å². The fraction of sp³-hybridized carbons (Fsp3) is 0.250. The lowest BCUT2D eigenvalue weighted by molar-refractivity contribution is 0.557. The topological polar surface area (TPSA) is 40.7 Å². The Morgan fingerprint density at radius 3 is 3.00 bits per heavy atom. The summed E-state index contributed by atoms with van der Waals surface area (Å²) < 4.78 is 13.7. The average molecular weight is 298 g/mol. The molecule has 0 spiro atoms. The van der Waals surface area contributed by atoms with E-state index in [2.05, 4.69) is 31.2 Å². The minimum Gasteiger partial charge on any atom is -0.348 e. The predicted octanol–water partition coefficient (Wildman–Crippen LogP) is 3.16. The van der Waals surface area contributed by atoms with Crippen LogP contribution in [0.15, 0.2) is 35.1 Å². The van der Waals surface area contributed by atoms with Crippen molar-refractivity contribution in [2.45, 2.75) is 19.5 Å². The normalized spacial score (nSPS) is 12.6. The minimum atomic E-state index is -0.237. The molecule has 17 heavy (non-hydrogen) atoms. The summed E-state index contributed by atoms with van der Waals surface area (Å²) in [7, 11) is 0. The monoisotopic (exact) mass is 297 g/mol. The van der Waals surface area contributed by atoms with Gasteiger partial charge >= 0.3 is 0 Å². The number of imidazole rings is 1. The van der Waals surface area contributed by atoms with Crippen LogP contribution < -0.4 is 5.32 Å². The number of benzene rings is 1. The Morgan fingerprint density at radius 1 is 1.53 bits per heavy atom. The molecular weight excluding hydrogens is 285 g/mol. The molecule has 1 aromatic heterocycles. The van der Waals surface area contributed by atoms with Gasteiger partial charge in [-0.2, -0.15) is 0 Å². The van der Waals surface area contributed by atoms with Gasteiger partial charge in [0.1, 0.15) is 11.6 Å². The van der Waals surface area contributed by atoms with E-state index in [0.29, 0.717) is 6.54 Å². The summed E-state index contributed by atoms with van der Waals surface area (Å²) in [5.74, 6) is 0.647. The van der Waals surface area contributed by atoms with Crippen LogP contribution in [0.2, 0.25) is 0 Å². The van der Waals surface area contributed by atoms with Crippen molar-refractivity contribution >= 4 is 15.9 Å². The van der Waals surface area contributed by atoms with Crippen LogP contribution >= 0.6 is 15.9 Å². The van der Waals surface area contributed by atoms with Crippen molar-refractivity contribution in [1.82, 2.24) is 15.3 Å². The minimum absolute atomic E-state index is 0.120. The maximum absolute atomic E-state index is 13.0. The average Bonchev–Trinajstić information content (AvgIpc) is 2.78. The molecule has 0 fully saturated rings. The predicted molar refractivity (Wildman–Crippen MR) is 67.9 cm³/mol. The fourth-order valence-corrected chi connectivity index (χ4v) is 2.30. The molecule has 0 saturated heterocycles. The summed E-state index contributed by atoms with van der Waals surface area (Å²) in [5, 5.41) is 3.32. The first-order valence-electron chi connectivity index (χ1n) is 5.33. The Balaban J connectivity index is 2.01. The van der Waals surface area contributed by atoms with Crippen molar-refractivity contribution in [1.29, 1.82) is 0 Å². The molecule has 2 rings (SSSR count). The van der Waals surface area contributed by atoms with Gasteiger partial charge in [-0.3, -0.25) is 0 Å². The highest BCUT2D eigenvalue weighted by Crippen LogP contribution is 2.24. The summed E-state index contributed by atoms with van der Waals surface area (Å²) in [4.78, 5) is 7.15. The SMILES string of the molecule is CC(NCc1ncc[nH]1)c1ccc(F)cc1Br. The van der Waals surface area contributed by atoms with Crippen molar-refractivity contribution in [2.75, 3.05) is 0 Å². The lowest BCUT2D eigenvalue weighted by atomic mass is 10.1. The molecule has 2 N–H and O–H groups in total. The molecule has 1 aromatic carbocycles. The quantitative estimate of drug-likeness (QED) is 0.910. The highest BCUT2D eigenvalue weighted by Gasteiger charge is 2.09. The molecule has 1 atom stereocenters. The van der Waals surface area contributed by atoms with Crippen LogP contribution in [0.5, 0.6) is 0 Å². The lowest BCUT2D eigenvalue weighted by Crippen LogP contribution is -2.19. The molecule has 90 valence electrons. The molecule has 1 unspecified atom stereocenters. The van der Waals surface area contributed by atoms with Crippen LogP contribution in [-0.4, -0.2) is 9.97 Å². The van der Waals surface area contributed by atoms with E-state index >= 15 is 0 Å². The fourth-order valence-electron chi connectivity index (χ4n) is 1.61. The third-order valence-electron chi connectivity index (χ3n) is 2.56. The van der Waals surface area contributed by atoms with Crippen molar-refractivity contribution in [3.05, 3.63) is 52.3 Å². The highest BCUT2D eigenvalue weighted by atomic mass is 79.9. The van der Waals surface area contributed by atoms with E-state index in [4.69, 9.17) is 0 Å². The van der Waals surface area contributed by atoms with E-state index in [1.54, 1.807) is 18.5 Å². The molecule has 0 aliphatic rings. The van der Waals surface area contributed by atoms with Crippen LogP contribution in [0.25, 0.3) is 0 Å². The zero-order valence-electron chi connectivity index (χ0n) is 9.37. The molecule has 3 nitrogen and oxygen atoms in total. The third kappa shape index (κ3) is 3.14. The molecule has 0 amide bonds. The summed E-state index contributed by atoms with van der Waals surface area (Å²) >= 11 is 3.36. The van der Waals surface area contributed by atoms with Gasteiger partial charge in [0.25, 0.3) is 0 Å². The number of aromatic nitrogens is 2. The molecule has 0 saturated carbocycles. The Bertz CT molecular complexity index is 485. The van der Waals surface area contributed by atoms with Gasteiger partial charge in [0.15, 0.2) is 0 Å². The lowest BCUT2D eigenvalue weighted by Gasteiger charge is -2.15. The van der Waals surface area contributed by atoms with Crippen molar-refractivity contribution in [3.8, 4) is 0 Å². The first kappa shape index (κ1) is 12.3. The van der Waals surface area contributed by atoms with Crippen LogP contribution in [0.1, 0.15) is 24.4 Å². The van der Waals surface area contributed by atoms with E-state index in [0.717, 1.165) is 15.9 Å². The third-order valence-corrected chi connectivity index (χ3v) is 3.25. The number of aromatic amines is 1. The number of hydrogen-bond donors (Lipinski definition) is 2.